The summed E-state index contributed by atoms with van der Waals surface area (Å²) in [5.74, 6) is 1.55. The molecule has 7 nitrogen and oxygen atoms in total. The van der Waals surface area contributed by atoms with Gasteiger partial charge >= 0.3 is 0 Å². The number of nitrogens with two attached hydrogens (primary N) is 1. The summed E-state index contributed by atoms with van der Waals surface area (Å²) >= 11 is 2.00. The topological polar surface area (TPSA) is 91.0 Å². The third kappa shape index (κ3) is 5.08. The highest BCUT2D eigenvalue weighted by molar-refractivity contribution is 7.99. The van der Waals surface area contributed by atoms with Gasteiger partial charge in [0.1, 0.15) is 11.8 Å². The van der Waals surface area contributed by atoms with Gasteiger partial charge in [-0.3, -0.25) is 19.5 Å². The van der Waals surface area contributed by atoms with Gasteiger partial charge in [0.15, 0.2) is 0 Å². The molecule has 3 N–H and O–H groups in total. The molecule has 0 bridgehead atoms. The van der Waals surface area contributed by atoms with Crippen molar-refractivity contribution in [3.63, 3.8) is 0 Å². The Labute approximate surface area is 186 Å². The van der Waals surface area contributed by atoms with Gasteiger partial charge < -0.3 is 11.1 Å². The molecule has 1 unspecified atom stereocenters. The van der Waals surface area contributed by atoms with Crippen LogP contribution < -0.4 is 16.1 Å². The van der Waals surface area contributed by atoms with Crippen LogP contribution in [-0.2, 0) is 16.1 Å². The SMILES string of the molecule is Cc1cc(CN2CCSCC2)ccc1NC(=O)C1=NN(c2ccccc2)C(C(N)=O)C1. The van der Waals surface area contributed by atoms with E-state index in [0.29, 0.717) is 5.71 Å². The Morgan fingerprint density at radius 1 is 1.16 bits per heavy atom. The van der Waals surface area contributed by atoms with E-state index in [9.17, 15) is 9.59 Å². The molecule has 162 valence electrons. The van der Waals surface area contributed by atoms with E-state index in [0.717, 1.165) is 36.6 Å². The molecular formula is C23H27N5O2S. The highest BCUT2D eigenvalue weighted by Crippen LogP contribution is 2.25. The van der Waals surface area contributed by atoms with Crippen molar-refractivity contribution in [1.82, 2.24) is 4.90 Å². The van der Waals surface area contributed by atoms with Crippen LogP contribution in [0.2, 0.25) is 0 Å². The van der Waals surface area contributed by atoms with Crippen LogP contribution in [0.3, 0.4) is 0 Å². The zero-order chi connectivity index (χ0) is 21.8. The number of anilines is 2. The van der Waals surface area contributed by atoms with Gasteiger partial charge in [-0.25, -0.2) is 0 Å². The summed E-state index contributed by atoms with van der Waals surface area (Å²) in [6.45, 7) is 5.14. The number of nitrogens with zero attached hydrogens (tertiary/aromatic N) is 3. The Morgan fingerprint density at radius 2 is 1.90 bits per heavy atom. The summed E-state index contributed by atoms with van der Waals surface area (Å²) in [5.41, 5.74) is 9.58. The Kier molecular flexibility index (Phi) is 6.58. The summed E-state index contributed by atoms with van der Waals surface area (Å²) in [6.07, 6.45) is 0.181. The maximum absolute atomic E-state index is 12.9. The summed E-state index contributed by atoms with van der Waals surface area (Å²) < 4.78 is 0. The molecule has 1 fully saturated rings. The van der Waals surface area contributed by atoms with Gasteiger partial charge in [0, 0.05) is 43.2 Å². The second-order valence-electron chi connectivity index (χ2n) is 7.84. The van der Waals surface area contributed by atoms with E-state index in [-0.39, 0.29) is 12.3 Å². The van der Waals surface area contributed by atoms with Crippen molar-refractivity contribution in [2.75, 3.05) is 34.9 Å². The van der Waals surface area contributed by atoms with Crippen molar-refractivity contribution in [1.29, 1.82) is 0 Å². The first kappa shape index (κ1) is 21.4. The molecule has 1 atom stereocenters. The number of benzene rings is 2. The van der Waals surface area contributed by atoms with E-state index in [1.54, 1.807) is 0 Å². The van der Waals surface area contributed by atoms with Gasteiger partial charge in [-0.2, -0.15) is 16.9 Å². The lowest BCUT2D eigenvalue weighted by Crippen LogP contribution is -2.39. The molecule has 2 aliphatic rings. The van der Waals surface area contributed by atoms with Gasteiger partial charge in [-0.1, -0.05) is 30.3 Å². The number of hydrogen-bond donors (Lipinski definition) is 2. The second-order valence-corrected chi connectivity index (χ2v) is 9.07. The first-order chi connectivity index (χ1) is 15.0. The van der Waals surface area contributed by atoms with Crippen LogP contribution in [0.4, 0.5) is 11.4 Å². The highest BCUT2D eigenvalue weighted by atomic mass is 32.2. The number of hydrogen-bond acceptors (Lipinski definition) is 6. The molecule has 0 spiro atoms. The lowest BCUT2D eigenvalue weighted by atomic mass is 10.1. The van der Waals surface area contributed by atoms with Crippen molar-refractivity contribution >= 4 is 40.7 Å². The van der Waals surface area contributed by atoms with E-state index >= 15 is 0 Å². The van der Waals surface area contributed by atoms with Gasteiger partial charge in [0.2, 0.25) is 5.91 Å². The fourth-order valence-corrected chi connectivity index (χ4v) is 4.84. The molecule has 2 aromatic carbocycles. The molecule has 1 saturated heterocycles. The van der Waals surface area contributed by atoms with Crippen molar-refractivity contribution in [3.05, 3.63) is 59.7 Å². The monoisotopic (exact) mass is 437 g/mol. The van der Waals surface area contributed by atoms with E-state index in [1.165, 1.54) is 22.1 Å². The molecule has 0 aromatic heterocycles. The molecule has 2 aromatic rings. The van der Waals surface area contributed by atoms with Crippen LogP contribution in [0.25, 0.3) is 0 Å². The maximum Gasteiger partial charge on any atom is 0.271 e. The lowest BCUT2D eigenvalue weighted by Gasteiger charge is -2.26. The van der Waals surface area contributed by atoms with E-state index in [2.05, 4.69) is 27.5 Å². The Hall–Kier alpha value is -2.84. The first-order valence-electron chi connectivity index (χ1n) is 10.4. The van der Waals surface area contributed by atoms with E-state index < -0.39 is 11.9 Å². The minimum atomic E-state index is -0.672. The Balaban J connectivity index is 1.45. The normalized spacial score (nSPS) is 19.2. The molecule has 8 heteroatoms. The van der Waals surface area contributed by atoms with Crippen LogP contribution in [0, 0.1) is 6.92 Å². The molecule has 4 rings (SSSR count). The zero-order valence-corrected chi connectivity index (χ0v) is 18.4. The number of nitrogens with one attached hydrogen (secondary N) is 1. The summed E-state index contributed by atoms with van der Waals surface area (Å²) in [4.78, 5) is 27.3. The number of primary amides is 1. The number of aryl methyl sites for hydroxylation is 1. The predicted molar refractivity (Wildman–Crippen MR) is 126 cm³/mol. The third-order valence-corrected chi connectivity index (χ3v) is 6.51. The number of amides is 2. The Morgan fingerprint density at radius 3 is 2.58 bits per heavy atom. The molecule has 2 amide bonds. The number of hydrazone groups is 1. The van der Waals surface area contributed by atoms with Gasteiger partial charge in [0.25, 0.3) is 5.91 Å². The van der Waals surface area contributed by atoms with Crippen LogP contribution in [0.5, 0.6) is 0 Å². The van der Waals surface area contributed by atoms with Crippen LogP contribution in [-0.4, -0.2) is 53.1 Å². The minimum absolute atomic E-state index is 0.181. The quantitative estimate of drug-likeness (QED) is 0.725. The number of rotatable bonds is 6. The van der Waals surface area contributed by atoms with Gasteiger partial charge in [-0.05, 0) is 36.2 Å². The third-order valence-electron chi connectivity index (χ3n) is 5.57. The van der Waals surface area contributed by atoms with E-state index in [1.807, 2.05) is 55.1 Å². The standard InChI is InChI=1S/C23H27N5O2S/c1-16-13-17(15-27-9-11-31-12-10-27)7-8-19(16)25-23(30)20-14-21(22(24)29)28(26-20)18-5-3-2-4-6-18/h2-8,13,21H,9-12,14-15H2,1H3,(H2,24,29)(H,25,30). The number of para-hydroxylation sites is 1. The van der Waals surface area contributed by atoms with Crippen molar-refractivity contribution in [3.8, 4) is 0 Å². The molecule has 2 heterocycles. The fourth-order valence-electron chi connectivity index (χ4n) is 3.86. The average Bonchev–Trinajstić information content (AvgIpc) is 3.23. The van der Waals surface area contributed by atoms with Crippen LogP contribution >= 0.6 is 11.8 Å². The second kappa shape index (κ2) is 9.53. The Bertz CT molecular complexity index is 989. The van der Waals surface area contributed by atoms with Gasteiger partial charge in [0.05, 0.1) is 5.69 Å². The molecule has 31 heavy (non-hydrogen) atoms. The smallest absolute Gasteiger partial charge is 0.271 e. The van der Waals surface area contributed by atoms with Crippen molar-refractivity contribution < 1.29 is 9.59 Å². The molecular weight excluding hydrogens is 410 g/mol. The average molecular weight is 438 g/mol. The number of carbonyl (C=O) groups excluding carboxylic acids is 2. The largest absolute Gasteiger partial charge is 0.368 e. The van der Waals surface area contributed by atoms with Crippen LogP contribution in [0.1, 0.15) is 17.5 Å². The highest BCUT2D eigenvalue weighted by Gasteiger charge is 2.35. The number of carbonyl (C=O) groups is 2. The van der Waals surface area contributed by atoms with E-state index in [4.69, 9.17) is 5.73 Å². The molecule has 0 aliphatic carbocycles. The predicted octanol–water partition coefficient (Wildman–Crippen LogP) is 2.60. The first-order valence-corrected chi connectivity index (χ1v) is 11.6. The lowest BCUT2D eigenvalue weighted by molar-refractivity contribution is -0.119. The minimum Gasteiger partial charge on any atom is -0.368 e. The summed E-state index contributed by atoms with van der Waals surface area (Å²) in [5, 5.41) is 8.89. The number of thioether (sulfide) groups is 1. The summed E-state index contributed by atoms with van der Waals surface area (Å²) in [7, 11) is 0. The molecule has 0 radical (unpaired) electrons. The zero-order valence-electron chi connectivity index (χ0n) is 17.6. The summed E-state index contributed by atoms with van der Waals surface area (Å²) in [6, 6.07) is 14.7. The van der Waals surface area contributed by atoms with Gasteiger partial charge in [-0.15, -0.1) is 0 Å². The van der Waals surface area contributed by atoms with Crippen molar-refractivity contribution in [2.45, 2.75) is 25.9 Å². The van der Waals surface area contributed by atoms with Crippen LogP contribution in [0.15, 0.2) is 53.6 Å². The molecule has 2 aliphatic heterocycles. The maximum atomic E-state index is 12.9. The molecule has 0 saturated carbocycles. The van der Waals surface area contributed by atoms with Crippen molar-refractivity contribution in [2.24, 2.45) is 10.8 Å². The fraction of sp³-hybridized carbons (Fsp3) is 0.348.